The van der Waals surface area contributed by atoms with Crippen molar-refractivity contribution < 1.29 is 19.1 Å². The highest BCUT2D eigenvalue weighted by atomic mass is 32.1. The zero-order valence-electron chi connectivity index (χ0n) is 10.4. The van der Waals surface area contributed by atoms with Crippen LogP contribution in [0.2, 0.25) is 0 Å². The lowest BCUT2D eigenvalue weighted by molar-refractivity contribution is -0.132. The molecule has 0 fully saturated rings. The Labute approximate surface area is 120 Å². The molecule has 2 rings (SSSR count). The smallest absolute Gasteiger partial charge is 0.336 e. The molecule has 0 heterocycles. The molecular weight excluding hydrogens is 279 g/mol. The second-order valence-electron chi connectivity index (χ2n) is 4.32. The summed E-state index contributed by atoms with van der Waals surface area (Å²) in [6.45, 7) is 0. The van der Waals surface area contributed by atoms with Crippen LogP contribution in [-0.2, 0) is 4.79 Å². The van der Waals surface area contributed by atoms with Gasteiger partial charge in [-0.3, -0.25) is 4.79 Å². The molecule has 0 saturated carbocycles. The summed E-state index contributed by atoms with van der Waals surface area (Å²) in [7, 11) is 0. The van der Waals surface area contributed by atoms with Gasteiger partial charge in [-0.25, -0.2) is 9.18 Å². The highest BCUT2D eigenvalue weighted by Gasteiger charge is 2.29. The summed E-state index contributed by atoms with van der Waals surface area (Å²) in [6.07, 6.45) is 0.752. The topological polar surface area (TPSA) is 54.4 Å². The van der Waals surface area contributed by atoms with Crippen LogP contribution >= 0.6 is 12.2 Å². The normalized spacial score (nSPS) is 18.2. The van der Waals surface area contributed by atoms with Gasteiger partial charge in [0.25, 0.3) is 0 Å². The van der Waals surface area contributed by atoms with E-state index < -0.39 is 12.1 Å². The van der Waals surface area contributed by atoms with Crippen LogP contribution in [0.25, 0.3) is 0 Å². The van der Waals surface area contributed by atoms with Crippen molar-refractivity contribution in [1.29, 1.82) is 0 Å². The fourth-order valence-corrected chi connectivity index (χ4v) is 2.21. The Bertz CT molecular complexity index is 632. The number of ketones is 1. The van der Waals surface area contributed by atoms with Crippen molar-refractivity contribution in [3.05, 3.63) is 59.2 Å². The Kier molecular flexibility index (Phi) is 4.20. The number of carbonyl (C=O) groups excluding carboxylic acids is 1. The second-order valence-corrected chi connectivity index (χ2v) is 4.76. The molecule has 1 aromatic rings. The maximum atomic E-state index is 14.1. The van der Waals surface area contributed by atoms with Crippen molar-refractivity contribution in [3.8, 4) is 0 Å². The van der Waals surface area contributed by atoms with Crippen LogP contribution in [0.15, 0.2) is 53.6 Å². The molecule has 5 heteroatoms. The van der Waals surface area contributed by atoms with Crippen molar-refractivity contribution in [2.24, 2.45) is 0 Å². The van der Waals surface area contributed by atoms with E-state index in [9.17, 15) is 14.0 Å². The molecule has 1 aromatic carbocycles. The number of allylic oxidation sites excluding steroid dienone is 3. The lowest BCUT2D eigenvalue weighted by Gasteiger charge is -2.17. The molecule has 0 aromatic heterocycles. The molecule has 0 spiro atoms. The van der Waals surface area contributed by atoms with E-state index in [4.69, 9.17) is 17.3 Å². The molecule has 1 unspecified atom stereocenters. The first-order valence-electron chi connectivity index (χ1n) is 5.91. The zero-order chi connectivity index (χ0) is 14.7. The highest BCUT2D eigenvalue weighted by molar-refractivity contribution is 7.81. The van der Waals surface area contributed by atoms with E-state index in [0.29, 0.717) is 5.56 Å². The number of halogens is 1. The van der Waals surface area contributed by atoms with E-state index in [1.54, 1.807) is 30.3 Å². The van der Waals surface area contributed by atoms with E-state index in [0.717, 1.165) is 0 Å². The predicted molar refractivity (Wildman–Crippen MR) is 76.7 cm³/mol. The van der Waals surface area contributed by atoms with Crippen molar-refractivity contribution >= 4 is 28.8 Å². The molecule has 3 nitrogen and oxygen atoms in total. The molecule has 0 saturated heterocycles. The summed E-state index contributed by atoms with van der Waals surface area (Å²) in [5.41, 5.74) is 0.441. The fourth-order valence-electron chi connectivity index (χ4n) is 1.90. The van der Waals surface area contributed by atoms with Crippen LogP contribution < -0.4 is 0 Å². The number of alkyl halides is 1. The predicted octanol–water partition coefficient (Wildman–Crippen LogP) is 2.92. The lowest BCUT2D eigenvalue weighted by Crippen LogP contribution is -2.26. The Hall–Kier alpha value is -2.14. The molecule has 1 aliphatic carbocycles. The van der Waals surface area contributed by atoms with E-state index in [1.807, 2.05) is 0 Å². The van der Waals surface area contributed by atoms with Gasteiger partial charge in [0.15, 0.2) is 12.0 Å². The number of benzene rings is 1. The summed E-state index contributed by atoms with van der Waals surface area (Å²) in [5, 5.41) is 8.85. The summed E-state index contributed by atoms with van der Waals surface area (Å²) < 4.78 is 14.1. The monoisotopic (exact) mass is 290 g/mol. The molecule has 0 radical (unpaired) electrons. The molecule has 0 aliphatic heterocycles. The maximum absolute atomic E-state index is 14.1. The fraction of sp³-hybridized carbons (Fsp3) is 0.133. The summed E-state index contributed by atoms with van der Waals surface area (Å²) in [5.74, 6) is -1.49. The van der Waals surface area contributed by atoms with Crippen LogP contribution in [0.5, 0.6) is 0 Å². The number of thiocarbonyl (C=S) groups is 1. The number of aliphatic carboxylic acids is 1. The van der Waals surface area contributed by atoms with E-state index >= 15 is 0 Å². The standard InChI is InChI=1S/C15H11FO3S/c16-13-10(6-7-11(14(13)20)15(18)19)8-12(17)9-4-2-1-3-5-9/h1-7,13H,8H2,(H,18,19). The number of Topliss-reactive ketones (excluding diaryl/α,β-unsaturated/α-hetero) is 1. The lowest BCUT2D eigenvalue weighted by atomic mass is 9.91. The average Bonchev–Trinajstić information content (AvgIpc) is 2.44. The van der Waals surface area contributed by atoms with Crippen LogP contribution in [0, 0.1) is 0 Å². The average molecular weight is 290 g/mol. The van der Waals surface area contributed by atoms with E-state index in [-0.39, 0.29) is 28.2 Å². The SMILES string of the molecule is O=C(O)C1=CC=C(CC(=O)c2ccccc2)C(F)C1=S. The number of carboxylic acids is 1. The van der Waals surface area contributed by atoms with Crippen LogP contribution in [0.4, 0.5) is 4.39 Å². The number of rotatable bonds is 4. The number of hydrogen-bond donors (Lipinski definition) is 1. The maximum Gasteiger partial charge on any atom is 0.336 e. The van der Waals surface area contributed by atoms with E-state index in [2.05, 4.69) is 0 Å². The minimum atomic E-state index is -1.70. The Balaban J connectivity index is 2.20. The summed E-state index contributed by atoms with van der Waals surface area (Å²) in [6, 6.07) is 8.53. The first kappa shape index (κ1) is 14.3. The van der Waals surface area contributed by atoms with Gasteiger partial charge in [-0.15, -0.1) is 0 Å². The summed E-state index contributed by atoms with van der Waals surface area (Å²) in [4.78, 5) is 22.6. The van der Waals surface area contributed by atoms with Crippen LogP contribution in [0.1, 0.15) is 16.8 Å². The number of carboxylic acid groups (broad SMARTS) is 1. The molecule has 20 heavy (non-hydrogen) atoms. The Morgan fingerprint density at radius 3 is 2.45 bits per heavy atom. The molecule has 102 valence electrons. The van der Waals surface area contributed by atoms with Gasteiger partial charge in [-0.1, -0.05) is 48.6 Å². The molecule has 1 aliphatic rings. The van der Waals surface area contributed by atoms with Gasteiger partial charge in [0, 0.05) is 12.0 Å². The molecular formula is C15H11FO3S. The number of hydrogen-bond acceptors (Lipinski definition) is 3. The second kappa shape index (κ2) is 5.88. The van der Waals surface area contributed by atoms with Gasteiger partial charge in [-0.2, -0.15) is 0 Å². The van der Waals surface area contributed by atoms with Gasteiger partial charge < -0.3 is 5.11 Å². The van der Waals surface area contributed by atoms with Crippen molar-refractivity contribution in [3.63, 3.8) is 0 Å². The van der Waals surface area contributed by atoms with Crippen molar-refractivity contribution in [1.82, 2.24) is 0 Å². The Morgan fingerprint density at radius 1 is 1.20 bits per heavy atom. The van der Waals surface area contributed by atoms with Gasteiger partial charge in [0.1, 0.15) is 0 Å². The van der Waals surface area contributed by atoms with Gasteiger partial charge >= 0.3 is 5.97 Å². The van der Waals surface area contributed by atoms with Gasteiger partial charge in [-0.05, 0) is 11.6 Å². The van der Waals surface area contributed by atoms with Crippen molar-refractivity contribution in [2.75, 3.05) is 0 Å². The minimum absolute atomic E-state index is 0.116. The largest absolute Gasteiger partial charge is 0.478 e. The van der Waals surface area contributed by atoms with Crippen LogP contribution in [0.3, 0.4) is 0 Å². The molecule has 0 bridgehead atoms. The quantitative estimate of drug-likeness (QED) is 0.684. The third kappa shape index (κ3) is 2.88. The zero-order valence-corrected chi connectivity index (χ0v) is 11.2. The number of carbonyl (C=O) groups is 2. The third-order valence-corrected chi connectivity index (χ3v) is 3.40. The van der Waals surface area contributed by atoms with Gasteiger partial charge in [0.2, 0.25) is 0 Å². The molecule has 1 atom stereocenters. The van der Waals surface area contributed by atoms with Crippen molar-refractivity contribution in [2.45, 2.75) is 12.6 Å². The molecule has 0 amide bonds. The van der Waals surface area contributed by atoms with Gasteiger partial charge in [0.05, 0.1) is 10.4 Å². The van der Waals surface area contributed by atoms with E-state index in [1.165, 1.54) is 12.2 Å². The van der Waals surface area contributed by atoms with Crippen LogP contribution in [-0.4, -0.2) is 27.9 Å². The first-order valence-corrected chi connectivity index (χ1v) is 6.32. The summed E-state index contributed by atoms with van der Waals surface area (Å²) >= 11 is 4.80. The molecule has 1 N–H and O–H groups in total. The first-order chi connectivity index (χ1) is 9.50. The third-order valence-electron chi connectivity index (χ3n) is 2.98. The Morgan fingerprint density at radius 2 is 1.85 bits per heavy atom. The highest BCUT2D eigenvalue weighted by Crippen LogP contribution is 2.24. The minimum Gasteiger partial charge on any atom is -0.478 e.